The molecule has 0 saturated carbocycles. The van der Waals surface area contributed by atoms with E-state index in [0.717, 1.165) is 4.90 Å². The molecule has 4 amide bonds. The van der Waals surface area contributed by atoms with Crippen molar-refractivity contribution < 1.29 is 23.2 Å². The molecule has 1 heterocycles. The van der Waals surface area contributed by atoms with Crippen molar-refractivity contribution in [2.75, 3.05) is 0 Å². The van der Waals surface area contributed by atoms with Gasteiger partial charge in [0.2, 0.25) is 11.8 Å². The molecule has 1 N–H and O–H groups in total. The lowest BCUT2D eigenvalue weighted by molar-refractivity contribution is -0.139. The summed E-state index contributed by atoms with van der Waals surface area (Å²) in [5, 5.41) is 2.11. The van der Waals surface area contributed by atoms with Crippen LogP contribution < -0.4 is 5.32 Å². The molecule has 1 aliphatic heterocycles. The average molecular weight is 371 g/mol. The van der Waals surface area contributed by atoms with E-state index < -0.39 is 29.6 Å². The molecule has 3 rings (SSSR count). The van der Waals surface area contributed by atoms with Crippen LogP contribution in [0.15, 0.2) is 53.5 Å². The highest BCUT2D eigenvalue weighted by atomic mass is 19.1. The molecule has 0 spiro atoms. The number of barbiturate groups is 1. The van der Waals surface area contributed by atoms with E-state index in [1.807, 2.05) is 0 Å². The van der Waals surface area contributed by atoms with E-state index in [9.17, 15) is 23.2 Å². The lowest BCUT2D eigenvalue weighted by Gasteiger charge is -2.28. The molecule has 0 aromatic heterocycles. The SMILES string of the molecule is O=C1NC(=O)N(Cc2ccc(F)cc2)C(=O)C1C=NCc1ccc(F)cc1. The molecule has 8 heteroatoms. The first-order valence-electron chi connectivity index (χ1n) is 8.09. The average Bonchev–Trinajstić information content (AvgIpc) is 2.64. The number of urea groups is 1. The number of benzene rings is 2. The molecular weight excluding hydrogens is 356 g/mol. The van der Waals surface area contributed by atoms with Gasteiger partial charge in [-0.15, -0.1) is 0 Å². The Morgan fingerprint density at radius 1 is 0.926 bits per heavy atom. The van der Waals surface area contributed by atoms with Crippen LogP contribution in [0.5, 0.6) is 0 Å². The van der Waals surface area contributed by atoms with Gasteiger partial charge in [-0.25, -0.2) is 13.6 Å². The largest absolute Gasteiger partial charge is 0.331 e. The van der Waals surface area contributed by atoms with Crippen LogP contribution in [0.1, 0.15) is 11.1 Å². The monoisotopic (exact) mass is 371 g/mol. The van der Waals surface area contributed by atoms with Crippen molar-refractivity contribution in [2.24, 2.45) is 10.9 Å². The Hall–Kier alpha value is -3.42. The molecule has 1 atom stereocenters. The maximum absolute atomic E-state index is 13.0. The van der Waals surface area contributed by atoms with Gasteiger partial charge in [0, 0.05) is 6.21 Å². The summed E-state index contributed by atoms with van der Waals surface area (Å²) >= 11 is 0. The topological polar surface area (TPSA) is 78.8 Å². The zero-order chi connectivity index (χ0) is 19.4. The van der Waals surface area contributed by atoms with E-state index in [1.165, 1.54) is 42.6 Å². The first-order chi connectivity index (χ1) is 12.9. The number of aliphatic imine (C=N–C) groups is 1. The number of imide groups is 2. The van der Waals surface area contributed by atoms with Crippen molar-refractivity contribution >= 4 is 24.1 Å². The zero-order valence-corrected chi connectivity index (χ0v) is 14.1. The third kappa shape index (κ3) is 4.41. The predicted octanol–water partition coefficient (Wildman–Crippen LogP) is 2.43. The van der Waals surface area contributed by atoms with Gasteiger partial charge in [0.15, 0.2) is 5.92 Å². The Bertz CT molecular complexity index is 895. The number of carbonyl (C=O) groups excluding carboxylic acids is 3. The molecule has 0 radical (unpaired) electrons. The Balaban J connectivity index is 1.70. The van der Waals surface area contributed by atoms with Crippen molar-refractivity contribution in [2.45, 2.75) is 13.1 Å². The zero-order valence-electron chi connectivity index (χ0n) is 14.1. The second-order valence-electron chi connectivity index (χ2n) is 5.94. The highest BCUT2D eigenvalue weighted by Crippen LogP contribution is 2.14. The van der Waals surface area contributed by atoms with Crippen LogP contribution in [0.25, 0.3) is 0 Å². The van der Waals surface area contributed by atoms with Crippen molar-refractivity contribution in [3.63, 3.8) is 0 Å². The number of halogens is 2. The summed E-state index contributed by atoms with van der Waals surface area (Å²) in [5.74, 6) is -3.53. The first-order valence-corrected chi connectivity index (χ1v) is 8.09. The number of amides is 4. The Labute approximate surface area is 153 Å². The van der Waals surface area contributed by atoms with Crippen LogP contribution in [-0.4, -0.2) is 29.0 Å². The fourth-order valence-corrected chi connectivity index (χ4v) is 2.54. The van der Waals surface area contributed by atoms with Crippen LogP contribution in [-0.2, 0) is 22.7 Å². The highest BCUT2D eigenvalue weighted by Gasteiger charge is 2.39. The molecular formula is C19H15F2N3O3. The van der Waals surface area contributed by atoms with Gasteiger partial charge < -0.3 is 0 Å². The molecule has 2 aromatic rings. The molecule has 2 aromatic carbocycles. The van der Waals surface area contributed by atoms with Crippen molar-refractivity contribution in [1.29, 1.82) is 0 Å². The van der Waals surface area contributed by atoms with E-state index in [0.29, 0.717) is 11.1 Å². The minimum absolute atomic E-state index is 0.0967. The second kappa shape index (κ2) is 7.86. The van der Waals surface area contributed by atoms with Gasteiger partial charge in [-0.05, 0) is 35.4 Å². The first kappa shape index (κ1) is 18.4. The Morgan fingerprint density at radius 3 is 2.07 bits per heavy atom. The number of nitrogens with zero attached hydrogens (tertiary/aromatic N) is 2. The summed E-state index contributed by atoms with van der Waals surface area (Å²) in [6.45, 7) is 0.0593. The summed E-state index contributed by atoms with van der Waals surface area (Å²) in [6, 6.07) is 10.1. The normalized spacial score (nSPS) is 17.5. The van der Waals surface area contributed by atoms with E-state index in [1.54, 1.807) is 12.1 Å². The summed E-state index contributed by atoms with van der Waals surface area (Å²) in [4.78, 5) is 41.4. The predicted molar refractivity (Wildman–Crippen MR) is 92.6 cm³/mol. The summed E-state index contributed by atoms with van der Waals surface area (Å²) in [5.41, 5.74) is 1.24. The summed E-state index contributed by atoms with van der Waals surface area (Å²) < 4.78 is 25.9. The Kier molecular flexibility index (Phi) is 5.35. The molecule has 138 valence electrons. The van der Waals surface area contributed by atoms with Crippen LogP contribution in [0.3, 0.4) is 0 Å². The third-order valence-electron chi connectivity index (χ3n) is 3.99. The fraction of sp³-hybridized carbons (Fsp3) is 0.158. The van der Waals surface area contributed by atoms with Gasteiger partial charge in [0.1, 0.15) is 11.6 Å². The lowest BCUT2D eigenvalue weighted by atomic mass is 10.1. The smallest absolute Gasteiger partial charge is 0.291 e. The number of carbonyl (C=O) groups is 3. The van der Waals surface area contributed by atoms with E-state index in [4.69, 9.17) is 0 Å². The quantitative estimate of drug-likeness (QED) is 0.648. The van der Waals surface area contributed by atoms with Gasteiger partial charge in [-0.1, -0.05) is 24.3 Å². The molecule has 1 fully saturated rings. The van der Waals surface area contributed by atoms with Crippen LogP contribution in [0.4, 0.5) is 13.6 Å². The van der Waals surface area contributed by atoms with E-state index in [2.05, 4.69) is 10.3 Å². The number of rotatable bonds is 5. The van der Waals surface area contributed by atoms with E-state index in [-0.39, 0.29) is 18.9 Å². The van der Waals surface area contributed by atoms with Crippen molar-refractivity contribution in [3.8, 4) is 0 Å². The van der Waals surface area contributed by atoms with Crippen LogP contribution >= 0.6 is 0 Å². The molecule has 0 aliphatic carbocycles. The number of hydrogen-bond donors (Lipinski definition) is 1. The third-order valence-corrected chi connectivity index (χ3v) is 3.99. The molecule has 1 saturated heterocycles. The van der Waals surface area contributed by atoms with Crippen molar-refractivity contribution in [3.05, 3.63) is 71.3 Å². The van der Waals surface area contributed by atoms with Gasteiger partial charge in [0.05, 0.1) is 13.1 Å². The summed E-state index contributed by atoms with van der Waals surface area (Å²) in [6.07, 6.45) is 1.17. The lowest BCUT2D eigenvalue weighted by Crippen LogP contribution is -2.57. The van der Waals surface area contributed by atoms with Gasteiger partial charge >= 0.3 is 6.03 Å². The van der Waals surface area contributed by atoms with E-state index >= 15 is 0 Å². The minimum atomic E-state index is -1.25. The molecule has 1 aliphatic rings. The molecule has 0 bridgehead atoms. The van der Waals surface area contributed by atoms with Crippen LogP contribution in [0, 0.1) is 17.6 Å². The molecule has 27 heavy (non-hydrogen) atoms. The molecule has 6 nitrogen and oxygen atoms in total. The van der Waals surface area contributed by atoms with Crippen LogP contribution in [0.2, 0.25) is 0 Å². The second-order valence-corrected chi connectivity index (χ2v) is 5.94. The standard InChI is InChI=1S/C19H15F2N3O3/c20-14-5-1-12(2-6-14)9-22-10-16-17(25)23-19(27)24(18(16)26)11-13-3-7-15(21)8-4-13/h1-8,10,16H,9,11H2,(H,23,25,27). The van der Waals surface area contributed by atoms with Gasteiger partial charge in [0.25, 0.3) is 0 Å². The van der Waals surface area contributed by atoms with Crippen molar-refractivity contribution in [1.82, 2.24) is 10.2 Å². The molecule has 1 unspecified atom stereocenters. The number of hydrogen-bond acceptors (Lipinski definition) is 4. The maximum atomic E-state index is 13.0. The minimum Gasteiger partial charge on any atom is -0.291 e. The Morgan fingerprint density at radius 2 is 1.48 bits per heavy atom. The fourth-order valence-electron chi connectivity index (χ4n) is 2.54. The number of nitrogens with one attached hydrogen (secondary N) is 1. The van der Waals surface area contributed by atoms with Gasteiger partial charge in [-0.2, -0.15) is 0 Å². The highest BCUT2D eigenvalue weighted by molar-refractivity contribution is 6.23. The van der Waals surface area contributed by atoms with Gasteiger partial charge in [-0.3, -0.25) is 24.8 Å². The maximum Gasteiger partial charge on any atom is 0.331 e. The summed E-state index contributed by atoms with van der Waals surface area (Å²) in [7, 11) is 0.